The van der Waals surface area contributed by atoms with E-state index in [0.29, 0.717) is 22.4 Å². The van der Waals surface area contributed by atoms with Crippen LogP contribution >= 0.6 is 0 Å². The third-order valence-corrected chi connectivity index (χ3v) is 6.23. The summed E-state index contributed by atoms with van der Waals surface area (Å²) in [5.41, 5.74) is 2.87. The van der Waals surface area contributed by atoms with Crippen molar-refractivity contribution >= 4 is 28.0 Å². The van der Waals surface area contributed by atoms with Crippen molar-refractivity contribution in [1.82, 2.24) is 19.7 Å². The molecule has 1 saturated heterocycles. The average Bonchev–Trinajstić information content (AvgIpc) is 3.43. The number of carboxylic acid groups (broad SMARTS) is 1. The number of hydrogen-bond acceptors (Lipinski definition) is 4. The highest BCUT2D eigenvalue weighted by Gasteiger charge is 2.45. The van der Waals surface area contributed by atoms with Crippen LogP contribution in [0.15, 0.2) is 30.5 Å². The molecule has 0 radical (unpaired) electrons. The van der Waals surface area contributed by atoms with Crippen molar-refractivity contribution in [3.05, 3.63) is 53.4 Å². The Morgan fingerprint density at radius 2 is 2.09 bits per heavy atom. The highest BCUT2D eigenvalue weighted by molar-refractivity contribution is 5.94. The first-order chi connectivity index (χ1) is 15.2. The van der Waals surface area contributed by atoms with Crippen LogP contribution in [0, 0.1) is 11.6 Å². The van der Waals surface area contributed by atoms with Gasteiger partial charge in [-0.2, -0.15) is 5.10 Å². The van der Waals surface area contributed by atoms with Gasteiger partial charge in [0.15, 0.2) is 22.9 Å². The van der Waals surface area contributed by atoms with E-state index in [1.165, 1.54) is 6.07 Å². The van der Waals surface area contributed by atoms with Crippen molar-refractivity contribution in [1.29, 1.82) is 0 Å². The van der Waals surface area contributed by atoms with Gasteiger partial charge in [0.25, 0.3) is 0 Å². The number of benzene rings is 1. The maximum absolute atomic E-state index is 14.2. The Bertz CT molecular complexity index is 1380. The monoisotopic (exact) mass is 440 g/mol. The zero-order chi connectivity index (χ0) is 22.8. The first-order valence-corrected chi connectivity index (χ1v) is 10.4. The molecule has 7 nitrogen and oxygen atoms in total. The fraction of sp³-hybridized carbons (Fsp3) is 0.348. The highest BCUT2D eigenvalue weighted by Crippen LogP contribution is 2.45. The van der Waals surface area contributed by atoms with E-state index >= 15 is 0 Å². The SMILES string of the molecule is CC(C)c1c([C@@H]2CO[C@](C)(C(=O)O)C2)c2nc3[nH]ncc3cc2n1-c1ccc(F)c(F)c1. The normalized spacial score (nSPS) is 21.2. The molecular formula is C23H22F2N4O3. The molecule has 1 aliphatic rings. The quantitative estimate of drug-likeness (QED) is 0.482. The summed E-state index contributed by atoms with van der Waals surface area (Å²) in [6.07, 6.45) is 1.93. The average molecular weight is 440 g/mol. The van der Waals surface area contributed by atoms with Gasteiger partial charge >= 0.3 is 5.97 Å². The summed E-state index contributed by atoms with van der Waals surface area (Å²) in [4.78, 5) is 16.6. The second-order valence-electron chi connectivity index (χ2n) is 8.80. The number of pyridine rings is 1. The van der Waals surface area contributed by atoms with Crippen molar-refractivity contribution in [2.24, 2.45) is 0 Å². The summed E-state index contributed by atoms with van der Waals surface area (Å²) in [5, 5.41) is 17.3. The lowest BCUT2D eigenvalue weighted by Crippen LogP contribution is -2.34. The molecule has 4 heterocycles. The number of fused-ring (bicyclic) bond motifs is 2. The van der Waals surface area contributed by atoms with Gasteiger partial charge in [-0.1, -0.05) is 13.8 Å². The van der Waals surface area contributed by atoms with Crippen molar-refractivity contribution < 1.29 is 23.4 Å². The molecule has 166 valence electrons. The van der Waals surface area contributed by atoms with Gasteiger partial charge in [-0.15, -0.1) is 0 Å². The van der Waals surface area contributed by atoms with Gasteiger partial charge in [0.2, 0.25) is 0 Å². The van der Waals surface area contributed by atoms with E-state index in [-0.39, 0.29) is 24.9 Å². The number of H-pyrrole nitrogens is 1. The van der Waals surface area contributed by atoms with E-state index in [1.807, 2.05) is 24.5 Å². The Labute approximate surface area is 182 Å². The lowest BCUT2D eigenvalue weighted by Gasteiger charge is -2.19. The minimum Gasteiger partial charge on any atom is -0.479 e. The Hall–Kier alpha value is -3.33. The van der Waals surface area contributed by atoms with Crippen LogP contribution in [-0.4, -0.2) is 43.0 Å². The third kappa shape index (κ3) is 2.99. The van der Waals surface area contributed by atoms with Gasteiger partial charge in [0.05, 0.1) is 23.8 Å². The summed E-state index contributed by atoms with van der Waals surface area (Å²) in [5.74, 6) is -3.12. The molecule has 0 spiro atoms. The third-order valence-electron chi connectivity index (χ3n) is 6.23. The van der Waals surface area contributed by atoms with Crippen LogP contribution in [0.4, 0.5) is 8.78 Å². The Balaban J connectivity index is 1.84. The lowest BCUT2D eigenvalue weighted by molar-refractivity contribution is -0.157. The minimum atomic E-state index is -1.30. The fourth-order valence-electron chi connectivity index (χ4n) is 4.69. The molecule has 0 bridgehead atoms. The standard InChI is InChI=1S/C23H22F2N4O3/c1-11(2)20-18(13-8-23(3,22(30)31)32-10-13)19-17(6-12-9-26-28-21(12)27-19)29(20)14-4-5-15(24)16(25)7-14/h4-7,9,11,13H,8,10H2,1-3H3,(H,30,31)(H,26,27,28)/t13-,23-/m0/s1. The summed E-state index contributed by atoms with van der Waals surface area (Å²) >= 11 is 0. The number of rotatable bonds is 4. The van der Waals surface area contributed by atoms with Crippen LogP contribution in [0.3, 0.4) is 0 Å². The van der Waals surface area contributed by atoms with E-state index in [0.717, 1.165) is 28.8 Å². The maximum atomic E-state index is 14.2. The molecule has 3 aromatic heterocycles. The zero-order valence-electron chi connectivity index (χ0n) is 17.8. The van der Waals surface area contributed by atoms with Gasteiger partial charge in [-0.25, -0.2) is 18.6 Å². The Morgan fingerprint density at radius 3 is 2.75 bits per heavy atom. The molecule has 0 saturated carbocycles. The number of ether oxygens (including phenoxy) is 1. The zero-order valence-corrected chi connectivity index (χ0v) is 17.8. The molecule has 1 aromatic carbocycles. The van der Waals surface area contributed by atoms with Gasteiger partial charge < -0.3 is 14.4 Å². The van der Waals surface area contributed by atoms with Crippen LogP contribution < -0.4 is 0 Å². The lowest BCUT2D eigenvalue weighted by atomic mass is 9.88. The van der Waals surface area contributed by atoms with E-state index in [4.69, 9.17) is 9.72 Å². The van der Waals surface area contributed by atoms with Gasteiger partial charge in [-0.3, -0.25) is 5.10 Å². The summed E-state index contributed by atoms with van der Waals surface area (Å²) in [6.45, 7) is 5.81. The minimum absolute atomic E-state index is 0.0135. The molecule has 0 amide bonds. The first kappa shape index (κ1) is 20.6. The molecule has 0 unspecified atom stereocenters. The van der Waals surface area contributed by atoms with Crippen molar-refractivity contribution in [3.8, 4) is 5.69 Å². The summed E-state index contributed by atoms with van der Waals surface area (Å²) in [6, 6.07) is 5.70. The van der Waals surface area contributed by atoms with Crippen molar-refractivity contribution in [3.63, 3.8) is 0 Å². The molecule has 32 heavy (non-hydrogen) atoms. The number of nitrogens with zero attached hydrogens (tertiary/aromatic N) is 3. The molecule has 1 aliphatic heterocycles. The summed E-state index contributed by atoms with van der Waals surface area (Å²) < 4.78 is 35.5. The van der Waals surface area contributed by atoms with Crippen molar-refractivity contribution in [2.45, 2.75) is 44.6 Å². The molecule has 9 heteroatoms. The summed E-state index contributed by atoms with van der Waals surface area (Å²) in [7, 11) is 0. The number of nitrogens with one attached hydrogen (secondary N) is 1. The number of hydrogen-bond donors (Lipinski definition) is 2. The number of aromatic nitrogens is 4. The number of halogens is 2. The molecule has 2 N–H and O–H groups in total. The highest BCUT2D eigenvalue weighted by atomic mass is 19.2. The molecular weight excluding hydrogens is 418 g/mol. The number of aromatic amines is 1. The van der Waals surface area contributed by atoms with Gasteiger partial charge in [0.1, 0.15) is 0 Å². The molecule has 5 rings (SSSR count). The Morgan fingerprint density at radius 1 is 1.31 bits per heavy atom. The fourth-order valence-corrected chi connectivity index (χ4v) is 4.69. The molecule has 2 atom stereocenters. The topological polar surface area (TPSA) is 93.0 Å². The van der Waals surface area contributed by atoms with Gasteiger partial charge in [0, 0.05) is 34.3 Å². The largest absolute Gasteiger partial charge is 0.479 e. The van der Waals surface area contributed by atoms with E-state index in [2.05, 4.69) is 10.2 Å². The number of aliphatic carboxylic acids is 1. The van der Waals surface area contributed by atoms with Crippen LogP contribution in [0.2, 0.25) is 0 Å². The van der Waals surface area contributed by atoms with Crippen LogP contribution in [0.1, 0.15) is 50.3 Å². The maximum Gasteiger partial charge on any atom is 0.335 e. The molecule has 0 aliphatic carbocycles. The first-order valence-electron chi connectivity index (χ1n) is 10.4. The van der Waals surface area contributed by atoms with Crippen molar-refractivity contribution in [2.75, 3.05) is 6.61 Å². The smallest absolute Gasteiger partial charge is 0.335 e. The second kappa shape index (κ2) is 7.09. The van der Waals surface area contributed by atoms with Crippen LogP contribution in [0.25, 0.3) is 27.8 Å². The second-order valence-corrected chi connectivity index (χ2v) is 8.80. The van der Waals surface area contributed by atoms with E-state index in [1.54, 1.807) is 13.1 Å². The molecule has 1 fully saturated rings. The molecule has 4 aromatic rings. The predicted octanol–water partition coefficient (Wildman–Crippen LogP) is 4.65. The number of carbonyl (C=O) groups is 1. The Kier molecular flexibility index (Phi) is 4.56. The van der Waals surface area contributed by atoms with Crippen LogP contribution in [-0.2, 0) is 9.53 Å². The van der Waals surface area contributed by atoms with Gasteiger partial charge in [-0.05, 0) is 37.5 Å². The van der Waals surface area contributed by atoms with E-state index < -0.39 is 23.2 Å². The van der Waals surface area contributed by atoms with E-state index in [9.17, 15) is 18.7 Å². The van der Waals surface area contributed by atoms with Crippen LogP contribution in [0.5, 0.6) is 0 Å². The number of carboxylic acids is 1. The predicted molar refractivity (Wildman–Crippen MR) is 114 cm³/mol.